The quantitative estimate of drug-likeness (QED) is 0.0320. The van der Waals surface area contributed by atoms with E-state index in [0.29, 0.717) is 19.4 Å². The van der Waals surface area contributed by atoms with Crippen molar-refractivity contribution in [1.29, 1.82) is 0 Å². The third kappa shape index (κ3) is 79.0. The molecule has 3 N–H and O–H groups in total. The molecule has 0 aliphatic heterocycles. The van der Waals surface area contributed by atoms with E-state index in [1.807, 2.05) is 6.08 Å². The van der Waals surface area contributed by atoms with Gasteiger partial charge in [0, 0.05) is 12.8 Å². The molecular weight excluding hydrogens is 1140 g/mol. The van der Waals surface area contributed by atoms with Crippen LogP contribution >= 0.6 is 0 Å². The molecule has 0 heterocycles. The molecule has 0 aliphatic carbocycles. The molecule has 0 aromatic carbocycles. The molecule has 0 aliphatic rings. The Balaban J connectivity index is 3.37. The fraction of sp³-hybridized carbons (Fsp3) is 0.908. The predicted octanol–water partition coefficient (Wildman–Crippen LogP) is 28.6. The molecule has 6 nitrogen and oxygen atoms in total. The van der Waals surface area contributed by atoms with Gasteiger partial charge in [0.15, 0.2) is 0 Å². The molecule has 0 aromatic heterocycles. The summed E-state index contributed by atoms with van der Waals surface area (Å²) in [6.07, 6.45) is 109. The molecular formula is C87H167NO5. The average Bonchev–Trinajstić information content (AvgIpc) is 3.78. The Morgan fingerprint density at radius 1 is 0.301 bits per heavy atom. The molecule has 0 fully saturated rings. The topological polar surface area (TPSA) is 95.9 Å². The van der Waals surface area contributed by atoms with E-state index in [9.17, 15) is 19.8 Å². The van der Waals surface area contributed by atoms with Crippen molar-refractivity contribution in [3.8, 4) is 0 Å². The van der Waals surface area contributed by atoms with E-state index < -0.39 is 12.1 Å². The number of amides is 1. The molecule has 0 radical (unpaired) electrons. The number of hydrogen-bond acceptors (Lipinski definition) is 5. The van der Waals surface area contributed by atoms with Crippen LogP contribution in [0, 0.1) is 0 Å². The lowest BCUT2D eigenvalue weighted by Gasteiger charge is -2.20. The number of hydrogen-bond donors (Lipinski definition) is 3. The highest BCUT2D eigenvalue weighted by Crippen LogP contribution is 2.20. The minimum atomic E-state index is -0.844. The smallest absolute Gasteiger partial charge is 0.305 e. The fourth-order valence-corrected chi connectivity index (χ4v) is 13.7. The van der Waals surface area contributed by atoms with Crippen LogP contribution < -0.4 is 5.32 Å². The molecule has 0 saturated heterocycles. The summed E-state index contributed by atoms with van der Waals surface area (Å²) in [5.74, 6) is -0.0359. The van der Waals surface area contributed by atoms with Crippen molar-refractivity contribution < 1.29 is 24.5 Å². The molecule has 93 heavy (non-hydrogen) atoms. The second-order valence-electron chi connectivity index (χ2n) is 29.5. The monoisotopic (exact) mass is 1310 g/mol. The zero-order chi connectivity index (χ0) is 67.0. The van der Waals surface area contributed by atoms with Crippen molar-refractivity contribution in [2.24, 2.45) is 0 Å². The minimum Gasteiger partial charge on any atom is -0.466 e. The summed E-state index contributed by atoms with van der Waals surface area (Å²) in [7, 11) is 0. The van der Waals surface area contributed by atoms with E-state index in [0.717, 1.165) is 44.9 Å². The van der Waals surface area contributed by atoms with Gasteiger partial charge < -0.3 is 20.3 Å². The lowest BCUT2D eigenvalue weighted by Crippen LogP contribution is -2.45. The second-order valence-corrected chi connectivity index (χ2v) is 29.5. The highest BCUT2D eigenvalue weighted by atomic mass is 16.5. The van der Waals surface area contributed by atoms with Gasteiger partial charge in [-0.1, -0.05) is 442 Å². The van der Waals surface area contributed by atoms with Gasteiger partial charge in [-0.2, -0.15) is 0 Å². The Hall–Kier alpha value is -1.92. The van der Waals surface area contributed by atoms with E-state index in [1.54, 1.807) is 6.08 Å². The molecule has 550 valence electrons. The van der Waals surface area contributed by atoms with Gasteiger partial charge in [-0.15, -0.1) is 0 Å². The molecule has 6 heteroatoms. The second kappa shape index (κ2) is 82.5. The van der Waals surface area contributed by atoms with Crippen LogP contribution in [-0.4, -0.2) is 47.4 Å². The Morgan fingerprint density at radius 3 is 0.817 bits per heavy atom. The van der Waals surface area contributed by atoms with Crippen molar-refractivity contribution in [3.05, 3.63) is 36.5 Å². The van der Waals surface area contributed by atoms with Crippen molar-refractivity contribution in [3.63, 3.8) is 0 Å². The zero-order valence-corrected chi connectivity index (χ0v) is 63.3. The van der Waals surface area contributed by atoms with E-state index in [4.69, 9.17) is 4.74 Å². The maximum Gasteiger partial charge on any atom is 0.305 e. The minimum absolute atomic E-state index is 0.0240. The van der Waals surface area contributed by atoms with Crippen LogP contribution in [0.5, 0.6) is 0 Å². The molecule has 0 rings (SSSR count). The van der Waals surface area contributed by atoms with Crippen molar-refractivity contribution >= 4 is 11.9 Å². The van der Waals surface area contributed by atoms with Crippen LogP contribution in [-0.2, 0) is 14.3 Å². The molecule has 0 spiro atoms. The first-order valence-corrected chi connectivity index (χ1v) is 42.8. The normalized spacial score (nSPS) is 12.6. The Kier molecular flexibility index (Phi) is 80.8. The summed E-state index contributed by atoms with van der Waals surface area (Å²) >= 11 is 0. The van der Waals surface area contributed by atoms with Crippen LogP contribution in [0.2, 0.25) is 0 Å². The largest absolute Gasteiger partial charge is 0.466 e. The fourth-order valence-electron chi connectivity index (χ4n) is 13.7. The Morgan fingerprint density at radius 2 is 0.538 bits per heavy atom. The van der Waals surface area contributed by atoms with Crippen LogP contribution in [0.1, 0.15) is 483 Å². The van der Waals surface area contributed by atoms with Gasteiger partial charge in [-0.25, -0.2) is 0 Å². The maximum absolute atomic E-state index is 12.6. The molecule has 1 amide bonds. The summed E-state index contributed by atoms with van der Waals surface area (Å²) in [6, 6.07) is -0.627. The molecule has 2 atom stereocenters. The first kappa shape index (κ1) is 91.1. The molecule has 2 unspecified atom stereocenters. The summed E-state index contributed by atoms with van der Waals surface area (Å²) in [5.41, 5.74) is 0. The Labute approximate surface area is 583 Å². The predicted molar refractivity (Wildman–Crippen MR) is 412 cm³/mol. The van der Waals surface area contributed by atoms with Crippen molar-refractivity contribution in [1.82, 2.24) is 5.32 Å². The number of nitrogens with one attached hydrogen (secondary N) is 1. The molecule has 0 bridgehead atoms. The first-order chi connectivity index (χ1) is 46.0. The van der Waals surface area contributed by atoms with Gasteiger partial charge in [0.25, 0.3) is 0 Å². The van der Waals surface area contributed by atoms with Crippen LogP contribution in [0.25, 0.3) is 0 Å². The van der Waals surface area contributed by atoms with Gasteiger partial charge in [-0.3, -0.25) is 9.59 Å². The van der Waals surface area contributed by atoms with Crippen LogP contribution in [0.3, 0.4) is 0 Å². The summed E-state index contributed by atoms with van der Waals surface area (Å²) in [6.45, 7) is 4.96. The van der Waals surface area contributed by atoms with Gasteiger partial charge >= 0.3 is 5.97 Å². The van der Waals surface area contributed by atoms with Gasteiger partial charge in [0.1, 0.15) is 0 Å². The SMILES string of the molecule is CCCCCCCCCCCCCCCCCCCCCC/C=C/C(O)C(CO)NC(=O)CCCCCCCCCCCCCCCCCCC/C=C\C/C=C\CCCCCCCCCCCCCCCCCOC(=O)CCCCCCCCCCCCCCCCC. The van der Waals surface area contributed by atoms with E-state index in [2.05, 4.69) is 43.5 Å². The number of aliphatic hydroxyl groups is 2. The number of rotatable bonds is 81. The highest BCUT2D eigenvalue weighted by molar-refractivity contribution is 5.76. The van der Waals surface area contributed by atoms with Crippen LogP contribution in [0.15, 0.2) is 36.5 Å². The van der Waals surface area contributed by atoms with Crippen LogP contribution in [0.4, 0.5) is 0 Å². The molecule has 0 aromatic rings. The highest BCUT2D eigenvalue weighted by Gasteiger charge is 2.18. The lowest BCUT2D eigenvalue weighted by atomic mass is 10.0. The summed E-state index contributed by atoms with van der Waals surface area (Å²) in [5, 5.41) is 23.3. The third-order valence-electron chi connectivity index (χ3n) is 20.2. The van der Waals surface area contributed by atoms with Crippen molar-refractivity contribution in [2.45, 2.75) is 495 Å². The number of allylic oxidation sites excluding steroid dienone is 5. The van der Waals surface area contributed by atoms with Gasteiger partial charge in [0.2, 0.25) is 5.91 Å². The number of aliphatic hydroxyl groups excluding tert-OH is 2. The zero-order valence-electron chi connectivity index (χ0n) is 63.3. The summed E-state index contributed by atoms with van der Waals surface area (Å²) in [4.78, 5) is 24.6. The van der Waals surface area contributed by atoms with E-state index in [1.165, 1.54) is 411 Å². The standard InChI is InChI=1S/C87H167NO5/c1-3-5-7-9-11-13-15-17-19-20-21-22-42-45-48-52-55-59-63-67-71-75-79-85(90)84(83-89)88-86(91)80-76-72-68-64-60-56-53-49-46-43-40-38-36-34-32-30-28-26-24-23-25-27-29-31-33-35-37-39-41-44-47-50-54-58-62-66-70-74-78-82-93-87(92)81-77-73-69-65-61-57-51-18-16-14-12-10-8-6-4-2/h23-24,27,29,75,79,84-85,89-90H,3-22,25-26,28,30-74,76-78,80-83H2,1-2H3,(H,88,91)/b24-23-,29-27-,79-75+. The average molecular weight is 1310 g/mol. The summed E-state index contributed by atoms with van der Waals surface area (Å²) < 4.78 is 5.51. The van der Waals surface area contributed by atoms with Gasteiger partial charge in [-0.05, 0) is 64.2 Å². The number of carbonyl (C=O) groups is 2. The number of esters is 1. The van der Waals surface area contributed by atoms with Crippen molar-refractivity contribution in [2.75, 3.05) is 13.2 Å². The Bertz CT molecular complexity index is 1510. The van der Waals surface area contributed by atoms with E-state index >= 15 is 0 Å². The number of ether oxygens (including phenoxy) is 1. The van der Waals surface area contributed by atoms with Gasteiger partial charge in [0.05, 0.1) is 25.4 Å². The first-order valence-electron chi connectivity index (χ1n) is 42.8. The molecule has 0 saturated carbocycles. The number of carbonyl (C=O) groups excluding carboxylic acids is 2. The maximum atomic E-state index is 12.6. The lowest BCUT2D eigenvalue weighted by molar-refractivity contribution is -0.143. The third-order valence-corrected chi connectivity index (χ3v) is 20.2. The van der Waals surface area contributed by atoms with E-state index in [-0.39, 0.29) is 18.5 Å². The number of unbranched alkanes of at least 4 members (excludes halogenated alkanes) is 66.